The van der Waals surface area contributed by atoms with Gasteiger partial charge in [-0.3, -0.25) is 0 Å². The molecule has 2 bridgehead atoms. The largest absolute Gasteiger partial charge is 0.309 e. The lowest BCUT2D eigenvalue weighted by Crippen LogP contribution is -2.59. The molecule has 0 aliphatic carbocycles. The fourth-order valence-corrected chi connectivity index (χ4v) is 4.83. The average molecular weight is 355 g/mol. The van der Waals surface area contributed by atoms with Gasteiger partial charge in [-0.1, -0.05) is 18.0 Å². The topological polar surface area (TPSA) is 49.4 Å². The van der Waals surface area contributed by atoms with Crippen LogP contribution < -0.4 is 5.32 Å². The van der Waals surface area contributed by atoms with Crippen molar-refractivity contribution in [3.05, 3.63) is 29.0 Å². The first-order chi connectivity index (χ1) is 9.46. The molecule has 2 fully saturated rings. The highest BCUT2D eigenvalue weighted by Gasteiger charge is 2.37. The lowest BCUT2D eigenvalue weighted by molar-refractivity contribution is 0.190. The number of fused-ring (bicyclic) bond motifs is 2. The summed E-state index contributed by atoms with van der Waals surface area (Å²) in [5.41, 5.74) is 0. The maximum absolute atomic E-state index is 13.8. The molecule has 1 aromatic rings. The van der Waals surface area contributed by atoms with Gasteiger partial charge in [0.25, 0.3) is 0 Å². The first-order valence-electron chi connectivity index (χ1n) is 6.68. The fourth-order valence-electron chi connectivity index (χ4n) is 2.98. The molecule has 0 aromatic heterocycles. The van der Waals surface area contributed by atoms with E-state index in [0.717, 1.165) is 25.3 Å². The van der Waals surface area contributed by atoms with Crippen molar-refractivity contribution in [3.63, 3.8) is 0 Å². The highest BCUT2D eigenvalue weighted by molar-refractivity contribution is 7.89. The molecule has 118 valence electrons. The quantitative estimate of drug-likeness (QED) is 0.887. The van der Waals surface area contributed by atoms with Gasteiger partial charge in [-0.2, -0.15) is 4.31 Å². The standard InChI is InChI=1S/C13H16ClFN2O2S.ClH/c14-9-4-5-12(15)13(6-9)20(18,19)17-7-10-2-1-3-11(8-17)16-10;/h4-6,10-11,16H,1-3,7-8H2;1H. The first-order valence-corrected chi connectivity index (χ1v) is 8.50. The van der Waals surface area contributed by atoms with Crippen LogP contribution in [0.5, 0.6) is 0 Å². The van der Waals surface area contributed by atoms with E-state index in [2.05, 4.69) is 5.32 Å². The minimum atomic E-state index is -3.82. The number of halogens is 3. The summed E-state index contributed by atoms with van der Waals surface area (Å²) in [5.74, 6) is -0.752. The molecular formula is C13H17Cl2FN2O2S. The third-order valence-electron chi connectivity index (χ3n) is 3.94. The van der Waals surface area contributed by atoms with Gasteiger partial charge in [0.1, 0.15) is 10.7 Å². The number of hydrogen-bond donors (Lipinski definition) is 1. The van der Waals surface area contributed by atoms with Gasteiger partial charge in [0.05, 0.1) is 0 Å². The summed E-state index contributed by atoms with van der Waals surface area (Å²) in [4.78, 5) is -0.329. The summed E-state index contributed by atoms with van der Waals surface area (Å²) >= 11 is 5.80. The maximum atomic E-state index is 13.8. The monoisotopic (exact) mass is 354 g/mol. The Bertz CT molecular complexity index is 615. The molecule has 8 heteroatoms. The van der Waals surface area contributed by atoms with E-state index in [1.807, 2.05) is 0 Å². The number of nitrogens with zero attached hydrogens (tertiary/aromatic N) is 1. The Balaban J connectivity index is 0.00000161. The summed E-state index contributed by atoms with van der Waals surface area (Å²) in [5, 5.41) is 3.63. The molecule has 21 heavy (non-hydrogen) atoms. The molecule has 2 heterocycles. The zero-order valence-electron chi connectivity index (χ0n) is 11.3. The zero-order valence-corrected chi connectivity index (χ0v) is 13.6. The molecule has 1 N–H and O–H groups in total. The molecule has 2 aliphatic heterocycles. The van der Waals surface area contributed by atoms with E-state index in [1.165, 1.54) is 16.4 Å². The van der Waals surface area contributed by atoms with Crippen LogP contribution in [0.15, 0.2) is 23.1 Å². The normalized spacial score (nSPS) is 26.2. The molecule has 2 aliphatic rings. The average Bonchev–Trinajstić information content (AvgIpc) is 2.41. The molecule has 2 saturated heterocycles. The van der Waals surface area contributed by atoms with E-state index in [-0.39, 0.29) is 34.4 Å². The second-order valence-electron chi connectivity index (χ2n) is 5.39. The SMILES string of the molecule is Cl.O=S(=O)(c1cc(Cl)ccc1F)N1CC2CCCC(C1)N2. The number of piperidine rings is 1. The van der Waals surface area contributed by atoms with Gasteiger partial charge >= 0.3 is 0 Å². The van der Waals surface area contributed by atoms with Gasteiger partial charge in [0.2, 0.25) is 10.0 Å². The highest BCUT2D eigenvalue weighted by Crippen LogP contribution is 2.27. The Kier molecular flexibility index (Phi) is 5.15. The van der Waals surface area contributed by atoms with Crippen molar-refractivity contribution in [2.45, 2.75) is 36.2 Å². The van der Waals surface area contributed by atoms with Gasteiger partial charge in [0, 0.05) is 30.2 Å². The van der Waals surface area contributed by atoms with E-state index in [4.69, 9.17) is 11.6 Å². The number of rotatable bonds is 2. The lowest BCUT2D eigenvalue weighted by Gasteiger charge is -2.41. The van der Waals surface area contributed by atoms with Crippen molar-refractivity contribution >= 4 is 34.0 Å². The first kappa shape index (κ1) is 17.0. The van der Waals surface area contributed by atoms with Gasteiger partial charge in [-0.15, -0.1) is 12.4 Å². The van der Waals surface area contributed by atoms with Crippen LogP contribution in [-0.2, 0) is 10.0 Å². The number of nitrogens with one attached hydrogen (secondary N) is 1. The zero-order chi connectivity index (χ0) is 14.3. The maximum Gasteiger partial charge on any atom is 0.246 e. The second kappa shape index (κ2) is 6.38. The summed E-state index contributed by atoms with van der Waals surface area (Å²) in [7, 11) is -3.82. The molecule has 2 unspecified atom stereocenters. The minimum Gasteiger partial charge on any atom is -0.309 e. The van der Waals surface area contributed by atoms with Crippen molar-refractivity contribution in [1.29, 1.82) is 0 Å². The van der Waals surface area contributed by atoms with E-state index < -0.39 is 15.8 Å². The van der Waals surface area contributed by atoms with Crippen LogP contribution in [0.3, 0.4) is 0 Å². The summed E-state index contributed by atoms with van der Waals surface area (Å²) in [6.45, 7) is 0.787. The van der Waals surface area contributed by atoms with Crippen LogP contribution in [0.4, 0.5) is 4.39 Å². The molecule has 4 nitrogen and oxygen atoms in total. The van der Waals surface area contributed by atoms with E-state index >= 15 is 0 Å². The molecule has 3 rings (SSSR count). The van der Waals surface area contributed by atoms with E-state index in [9.17, 15) is 12.8 Å². The molecule has 0 spiro atoms. The summed E-state index contributed by atoms with van der Waals surface area (Å²) in [6, 6.07) is 3.96. The summed E-state index contributed by atoms with van der Waals surface area (Å²) < 4.78 is 40.4. The van der Waals surface area contributed by atoms with Crippen LogP contribution in [0.25, 0.3) is 0 Å². The van der Waals surface area contributed by atoms with Gasteiger partial charge in [-0.05, 0) is 31.0 Å². The smallest absolute Gasteiger partial charge is 0.246 e. The van der Waals surface area contributed by atoms with Crippen molar-refractivity contribution in [2.24, 2.45) is 0 Å². The van der Waals surface area contributed by atoms with Crippen molar-refractivity contribution in [1.82, 2.24) is 9.62 Å². The van der Waals surface area contributed by atoms with E-state index in [0.29, 0.717) is 13.1 Å². The molecule has 0 saturated carbocycles. The summed E-state index contributed by atoms with van der Waals surface area (Å²) in [6.07, 6.45) is 3.03. The van der Waals surface area contributed by atoms with Crippen molar-refractivity contribution in [3.8, 4) is 0 Å². The molecular weight excluding hydrogens is 338 g/mol. The third kappa shape index (κ3) is 3.35. The molecule has 0 amide bonds. The van der Waals surface area contributed by atoms with Crippen LogP contribution in [0.2, 0.25) is 5.02 Å². The molecule has 0 radical (unpaired) electrons. The van der Waals surface area contributed by atoms with E-state index in [1.54, 1.807) is 0 Å². The Morgan fingerprint density at radius 2 is 1.86 bits per heavy atom. The van der Waals surface area contributed by atoms with Crippen LogP contribution in [-0.4, -0.2) is 37.9 Å². The van der Waals surface area contributed by atoms with Crippen molar-refractivity contribution < 1.29 is 12.8 Å². The van der Waals surface area contributed by atoms with Crippen molar-refractivity contribution in [2.75, 3.05) is 13.1 Å². The van der Waals surface area contributed by atoms with Gasteiger partial charge < -0.3 is 5.32 Å². The third-order valence-corrected chi connectivity index (χ3v) is 6.02. The Morgan fingerprint density at radius 1 is 1.24 bits per heavy atom. The highest BCUT2D eigenvalue weighted by atomic mass is 35.5. The Hall–Kier alpha value is -0.400. The van der Waals surface area contributed by atoms with Crippen LogP contribution in [0, 0.1) is 5.82 Å². The van der Waals surface area contributed by atoms with Gasteiger partial charge in [-0.25, -0.2) is 12.8 Å². The Morgan fingerprint density at radius 3 is 2.48 bits per heavy atom. The Labute approximate surface area is 135 Å². The number of benzene rings is 1. The van der Waals surface area contributed by atoms with Gasteiger partial charge in [0.15, 0.2) is 0 Å². The minimum absolute atomic E-state index is 0. The lowest BCUT2D eigenvalue weighted by atomic mass is 9.96. The number of hydrogen-bond acceptors (Lipinski definition) is 3. The second-order valence-corrected chi connectivity index (χ2v) is 7.73. The molecule has 2 atom stereocenters. The predicted molar refractivity (Wildman–Crippen MR) is 82.0 cm³/mol. The predicted octanol–water partition coefficient (Wildman–Crippen LogP) is 2.42. The number of sulfonamides is 1. The number of piperazine rings is 1. The van der Waals surface area contributed by atoms with Crippen LogP contribution >= 0.6 is 24.0 Å². The van der Waals surface area contributed by atoms with Crippen LogP contribution in [0.1, 0.15) is 19.3 Å². The molecule has 1 aromatic carbocycles. The fraction of sp³-hybridized carbons (Fsp3) is 0.538.